The summed E-state index contributed by atoms with van der Waals surface area (Å²) < 4.78 is 5.50. The molecule has 0 bridgehead atoms. The molecule has 1 aliphatic rings. The molecule has 0 aromatic heterocycles. The van der Waals surface area contributed by atoms with Crippen LogP contribution in [0.3, 0.4) is 0 Å². The van der Waals surface area contributed by atoms with E-state index in [-0.39, 0.29) is 11.8 Å². The van der Waals surface area contributed by atoms with Gasteiger partial charge in [0.1, 0.15) is 0 Å². The highest BCUT2D eigenvalue weighted by molar-refractivity contribution is 6.19. The first kappa shape index (κ1) is 11.3. The summed E-state index contributed by atoms with van der Waals surface area (Å²) in [6, 6.07) is 0. The minimum atomic E-state index is -0.938. The summed E-state index contributed by atoms with van der Waals surface area (Å²) in [5, 5.41) is 0. The maximum atomic E-state index is 5.71. The molecule has 0 N–H and O–H groups in total. The summed E-state index contributed by atoms with van der Waals surface area (Å²) in [7, 11) is 0. The summed E-state index contributed by atoms with van der Waals surface area (Å²) in [6.45, 7) is 5.28. The van der Waals surface area contributed by atoms with Gasteiger partial charge in [-0.3, -0.25) is 0 Å². The molecule has 1 aliphatic heterocycles. The van der Waals surface area contributed by atoms with Crippen molar-refractivity contribution in [3.8, 4) is 0 Å². The average Bonchev–Trinajstić information content (AvgIpc) is 2.47. The third kappa shape index (κ3) is 2.36. The fraction of sp³-hybridized carbons (Fsp3) is 0.750. The molecule has 0 radical (unpaired) electrons. The predicted octanol–water partition coefficient (Wildman–Crippen LogP) is 2.43. The smallest absolute Gasteiger partial charge is 0.221 e. The molecule has 2 atom stereocenters. The van der Waals surface area contributed by atoms with Gasteiger partial charge in [-0.1, -0.05) is 6.08 Å². The monoisotopic (exact) mass is 226 g/mol. The molecule has 1 saturated heterocycles. The van der Waals surface area contributed by atoms with Crippen molar-refractivity contribution in [2.45, 2.75) is 24.9 Å². The van der Waals surface area contributed by atoms with Gasteiger partial charge in [-0.2, -0.15) is 9.78 Å². The van der Waals surface area contributed by atoms with Gasteiger partial charge in [-0.15, -0.1) is 29.8 Å². The first-order valence-electron chi connectivity index (χ1n) is 3.89. The van der Waals surface area contributed by atoms with Crippen molar-refractivity contribution in [3.05, 3.63) is 12.7 Å². The van der Waals surface area contributed by atoms with E-state index in [1.165, 1.54) is 0 Å². The van der Waals surface area contributed by atoms with Crippen molar-refractivity contribution in [1.82, 2.24) is 0 Å². The fourth-order valence-corrected chi connectivity index (χ4v) is 1.35. The molecule has 13 heavy (non-hydrogen) atoms. The van der Waals surface area contributed by atoms with Crippen LogP contribution in [0.1, 0.15) is 13.3 Å². The molecule has 5 heteroatoms. The first-order chi connectivity index (χ1) is 6.10. The van der Waals surface area contributed by atoms with Crippen LogP contribution < -0.4 is 0 Å². The average molecular weight is 227 g/mol. The van der Waals surface area contributed by atoms with Crippen molar-refractivity contribution in [2.75, 3.05) is 11.8 Å². The third-order valence-corrected chi connectivity index (χ3v) is 2.57. The summed E-state index contributed by atoms with van der Waals surface area (Å²) in [5.74, 6) is -1.50. The summed E-state index contributed by atoms with van der Waals surface area (Å²) >= 11 is 11.3. The van der Waals surface area contributed by atoms with E-state index in [2.05, 4.69) is 6.58 Å². The van der Waals surface area contributed by atoms with Crippen LogP contribution in [0.5, 0.6) is 0 Å². The van der Waals surface area contributed by atoms with Crippen LogP contribution in [0.25, 0.3) is 0 Å². The Morgan fingerprint density at radius 1 is 1.31 bits per heavy atom. The van der Waals surface area contributed by atoms with Crippen LogP contribution >= 0.6 is 23.2 Å². The minimum Gasteiger partial charge on any atom is -0.310 e. The minimum absolute atomic E-state index is 0.172. The van der Waals surface area contributed by atoms with Crippen molar-refractivity contribution in [2.24, 2.45) is 0 Å². The normalized spacial score (nSPS) is 39.3. The second-order valence-corrected chi connectivity index (χ2v) is 3.61. The second kappa shape index (κ2) is 4.15. The number of ether oxygens (including phenoxy) is 1. The van der Waals surface area contributed by atoms with Gasteiger partial charge in [-0.05, 0) is 6.92 Å². The van der Waals surface area contributed by atoms with Crippen LogP contribution in [0.15, 0.2) is 12.7 Å². The lowest BCUT2D eigenvalue weighted by Gasteiger charge is -2.22. The Morgan fingerprint density at radius 2 is 2.00 bits per heavy atom. The highest BCUT2D eigenvalue weighted by atomic mass is 35.5. The Bertz CT molecular complexity index is 200. The molecule has 1 fully saturated rings. The Morgan fingerprint density at radius 3 is 2.38 bits per heavy atom. The van der Waals surface area contributed by atoms with Crippen LogP contribution in [0.4, 0.5) is 0 Å². The quantitative estimate of drug-likeness (QED) is 0.419. The van der Waals surface area contributed by atoms with Gasteiger partial charge < -0.3 is 4.74 Å². The molecule has 0 unspecified atom stereocenters. The molecule has 0 aromatic rings. The Kier molecular flexibility index (Phi) is 3.60. The van der Waals surface area contributed by atoms with E-state index in [9.17, 15) is 0 Å². The van der Waals surface area contributed by atoms with Gasteiger partial charge in [0, 0.05) is 6.42 Å². The molecule has 0 saturated carbocycles. The van der Waals surface area contributed by atoms with Crippen LogP contribution in [0.2, 0.25) is 0 Å². The zero-order valence-electron chi connectivity index (χ0n) is 7.39. The van der Waals surface area contributed by atoms with E-state index in [1.807, 2.05) is 0 Å². The van der Waals surface area contributed by atoms with Gasteiger partial charge in [-0.25, -0.2) is 0 Å². The standard InChI is InChI=1S/C8H12Cl2O3/c1-3-4-8(6-10)11-7(2,5-9)12-13-8/h3H,1,4-6H2,2H3/t7-,8-/m1/s1. The first-order valence-corrected chi connectivity index (χ1v) is 4.96. The molecule has 0 aromatic carbocycles. The highest BCUT2D eigenvalue weighted by Crippen LogP contribution is 2.36. The predicted molar refractivity (Wildman–Crippen MR) is 50.6 cm³/mol. The second-order valence-electron chi connectivity index (χ2n) is 3.07. The van der Waals surface area contributed by atoms with Gasteiger partial charge in [0.05, 0.1) is 11.8 Å². The number of hydrogen-bond acceptors (Lipinski definition) is 3. The Hall–Kier alpha value is 0.200. The van der Waals surface area contributed by atoms with Gasteiger partial charge in [0.15, 0.2) is 0 Å². The van der Waals surface area contributed by atoms with Crippen molar-refractivity contribution >= 4 is 23.2 Å². The molecular formula is C8H12Cl2O3. The van der Waals surface area contributed by atoms with Gasteiger partial charge in [0.2, 0.25) is 11.6 Å². The summed E-state index contributed by atoms with van der Waals surface area (Å²) in [4.78, 5) is 9.99. The lowest BCUT2D eigenvalue weighted by atomic mass is 10.2. The fourth-order valence-electron chi connectivity index (χ4n) is 1.04. The lowest BCUT2D eigenvalue weighted by molar-refractivity contribution is -0.338. The lowest BCUT2D eigenvalue weighted by Crippen LogP contribution is -2.37. The van der Waals surface area contributed by atoms with E-state index in [0.717, 1.165) is 0 Å². The molecule has 1 rings (SSSR count). The van der Waals surface area contributed by atoms with E-state index < -0.39 is 11.6 Å². The van der Waals surface area contributed by atoms with Gasteiger partial charge in [0.25, 0.3) is 0 Å². The van der Waals surface area contributed by atoms with Crippen LogP contribution in [0, 0.1) is 0 Å². The van der Waals surface area contributed by atoms with Crippen molar-refractivity contribution < 1.29 is 14.5 Å². The van der Waals surface area contributed by atoms with E-state index in [1.54, 1.807) is 13.0 Å². The number of alkyl halides is 2. The third-order valence-electron chi connectivity index (χ3n) is 1.67. The maximum absolute atomic E-state index is 5.71. The Labute approximate surface area is 87.5 Å². The maximum Gasteiger partial charge on any atom is 0.221 e. The number of halogens is 2. The topological polar surface area (TPSA) is 27.7 Å². The number of hydrogen-bond donors (Lipinski definition) is 0. The summed E-state index contributed by atoms with van der Waals surface area (Å²) in [5.41, 5.74) is 0. The summed E-state index contributed by atoms with van der Waals surface area (Å²) in [6.07, 6.45) is 2.12. The van der Waals surface area contributed by atoms with E-state index in [4.69, 9.17) is 37.7 Å². The van der Waals surface area contributed by atoms with Crippen LogP contribution in [-0.2, 0) is 14.5 Å². The van der Waals surface area contributed by atoms with Crippen LogP contribution in [-0.4, -0.2) is 23.3 Å². The molecule has 0 spiro atoms. The molecule has 1 heterocycles. The van der Waals surface area contributed by atoms with Crippen molar-refractivity contribution in [1.29, 1.82) is 0 Å². The zero-order chi connectivity index (χ0) is 9.95. The SMILES string of the molecule is C=CC[C@]1(CCl)OO[C@](C)(CCl)O1. The largest absolute Gasteiger partial charge is 0.310 e. The molecular weight excluding hydrogens is 215 g/mol. The highest BCUT2D eigenvalue weighted by Gasteiger charge is 2.48. The molecule has 3 nitrogen and oxygen atoms in total. The molecule has 76 valence electrons. The van der Waals surface area contributed by atoms with Gasteiger partial charge >= 0.3 is 0 Å². The van der Waals surface area contributed by atoms with E-state index >= 15 is 0 Å². The Balaban J connectivity index is 2.67. The molecule has 0 aliphatic carbocycles. The number of rotatable bonds is 4. The zero-order valence-corrected chi connectivity index (χ0v) is 8.90. The van der Waals surface area contributed by atoms with E-state index in [0.29, 0.717) is 6.42 Å². The molecule has 0 amide bonds. The van der Waals surface area contributed by atoms with Crippen molar-refractivity contribution in [3.63, 3.8) is 0 Å².